The van der Waals surface area contributed by atoms with Crippen LogP contribution >= 0.6 is 11.3 Å². The van der Waals surface area contributed by atoms with Gasteiger partial charge in [0.15, 0.2) is 5.96 Å². The molecule has 0 aliphatic rings. The van der Waals surface area contributed by atoms with Crippen molar-refractivity contribution in [1.29, 1.82) is 0 Å². The van der Waals surface area contributed by atoms with Gasteiger partial charge < -0.3 is 20.1 Å². The maximum atomic E-state index is 5.85. The number of nitrogens with one attached hydrogen (secondary N) is 2. The van der Waals surface area contributed by atoms with Crippen molar-refractivity contribution in [2.24, 2.45) is 4.99 Å². The van der Waals surface area contributed by atoms with E-state index in [1.165, 1.54) is 5.56 Å². The molecule has 0 atom stereocenters. The van der Waals surface area contributed by atoms with Crippen LogP contribution in [-0.2, 0) is 17.7 Å². The highest BCUT2D eigenvalue weighted by Crippen LogP contribution is 2.21. The van der Waals surface area contributed by atoms with Crippen LogP contribution in [0.5, 0.6) is 5.75 Å². The lowest BCUT2D eigenvalue weighted by Gasteiger charge is -2.13. The Balaban J connectivity index is 1.96. The van der Waals surface area contributed by atoms with Crippen LogP contribution in [-0.4, -0.2) is 44.4 Å². The molecule has 27 heavy (non-hydrogen) atoms. The average Bonchev–Trinajstić information content (AvgIpc) is 3.06. The number of methoxy groups -OCH3 is 1. The van der Waals surface area contributed by atoms with E-state index in [2.05, 4.69) is 47.0 Å². The number of hydrogen-bond donors (Lipinski definition) is 2. The van der Waals surface area contributed by atoms with Crippen LogP contribution in [0, 0.1) is 13.8 Å². The highest BCUT2D eigenvalue weighted by molar-refractivity contribution is 7.09. The van der Waals surface area contributed by atoms with Crippen molar-refractivity contribution in [3.8, 4) is 5.75 Å². The first-order valence-corrected chi connectivity index (χ1v) is 10.1. The standard InChI is InChI=1S/C20H30N4O2S/c1-5-21-20(22-9-8-18-14-27-16(3)24-18)23-13-17-7-6-15(2)12-19(17)26-11-10-25-4/h6-7,12,14H,5,8-11,13H2,1-4H3,(H2,21,22,23). The van der Waals surface area contributed by atoms with Gasteiger partial charge in [0.2, 0.25) is 0 Å². The molecular formula is C20H30N4O2S. The van der Waals surface area contributed by atoms with Crippen LogP contribution in [0.3, 0.4) is 0 Å². The van der Waals surface area contributed by atoms with Gasteiger partial charge in [-0.05, 0) is 32.4 Å². The van der Waals surface area contributed by atoms with E-state index < -0.39 is 0 Å². The lowest BCUT2D eigenvalue weighted by atomic mass is 10.1. The normalized spacial score (nSPS) is 11.5. The Hall–Kier alpha value is -2.12. The molecule has 2 aromatic rings. The van der Waals surface area contributed by atoms with Gasteiger partial charge in [-0.15, -0.1) is 11.3 Å². The fourth-order valence-electron chi connectivity index (χ4n) is 2.50. The highest BCUT2D eigenvalue weighted by atomic mass is 32.1. The van der Waals surface area contributed by atoms with Gasteiger partial charge in [-0.2, -0.15) is 0 Å². The Morgan fingerprint density at radius 3 is 2.78 bits per heavy atom. The molecule has 1 heterocycles. The predicted molar refractivity (Wildman–Crippen MR) is 112 cm³/mol. The molecule has 1 aromatic carbocycles. The second kappa shape index (κ2) is 11.6. The van der Waals surface area contributed by atoms with E-state index in [0.717, 1.165) is 47.5 Å². The van der Waals surface area contributed by atoms with Crippen molar-refractivity contribution in [2.45, 2.75) is 33.7 Å². The SMILES string of the molecule is CCNC(=NCc1ccc(C)cc1OCCOC)NCCc1csc(C)n1. The summed E-state index contributed by atoms with van der Waals surface area (Å²) in [5.74, 6) is 1.66. The number of ether oxygens (including phenoxy) is 2. The number of guanidine groups is 1. The minimum atomic E-state index is 0.530. The van der Waals surface area contributed by atoms with Gasteiger partial charge in [0.05, 0.1) is 23.9 Å². The van der Waals surface area contributed by atoms with Gasteiger partial charge in [0.25, 0.3) is 0 Å². The van der Waals surface area contributed by atoms with Gasteiger partial charge in [-0.1, -0.05) is 12.1 Å². The molecule has 1 aromatic heterocycles. The molecule has 2 rings (SSSR count). The summed E-state index contributed by atoms with van der Waals surface area (Å²) in [6.07, 6.45) is 0.880. The molecule has 148 valence electrons. The summed E-state index contributed by atoms with van der Waals surface area (Å²) in [6, 6.07) is 6.20. The molecule has 7 heteroatoms. The Kier molecular flexibility index (Phi) is 9.07. The van der Waals surface area contributed by atoms with Crippen molar-refractivity contribution >= 4 is 17.3 Å². The van der Waals surface area contributed by atoms with E-state index in [9.17, 15) is 0 Å². The Labute approximate surface area is 166 Å². The molecule has 0 radical (unpaired) electrons. The van der Waals surface area contributed by atoms with Crippen LogP contribution in [0.25, 0.3) is 0 Å². The van der Waals surface area contributed by atoms with Crippen LogP contribution in [0.1, 0.15) is 28.8 Å². The summed E-state index contributed by atoms with van der Waals surface area (Å²) in [7, 11) is 1.67. The number of aryl methyl sites for hydroxylation is 2. The van der Waals surface area contributed by atoms with Gasteiger partial charge in [-0.3, -0.25) is 0 Å². The second-order valence-corrected chi connectivity index (χ2v) is 7.24. The third-order valence-corrected chi connectivity index (χ3v) is 4.68. The van der Waals surface area contributed by atoms with E-state index in [1.807, 2.05) is 13.0 Å². The van der Waals surface area contributed by atoms with Crippen molar-refractivity contribution in [2.75, 3.05) is 33.4 Å². The third kappa shape index (κ3) is 7.56. The molecular weight excluding hydrogens is 360 g/mol. The quantitative estimate of drug-likeness (QED) is 0.371. The van der Waals surface area contributed by atoms with E-state index in [-0.39, 0.29) is 0 Å². The van der Waals surface area contributed by atoms with Crippen molar-refractivity contribution in [3.05, 3.63) is 45.4 Å². The number of hydrogen-bond acceptors (Lipinski definition) is 5. The zero-order valence-corrected chi connectivity index (χ0v) is 17.5. The topological polar surface area (TPSA) is 67.8 Å². The van der Waals surface area contributed by atoms with Crippen LogP contribution in [0.4, 0.5) is 0 Å². The number of thiazole rings is 1. The zero-order valence-electron chi connectivity index (χ0n) is 16.7. The fourth-order valence-corrected chi connectivity index (χ4v) is 3.15. The second-order valence-electron chi connectivity index (χ2n) is 6.18. The molecule has 6 nitrogen and oxygen atoms in total. The smallest absolute Gasteiger partial charge is 0.191 e. The maximum absolute atomic E-state index is 5.85. The van der Waals surface area contributed by atoms with E-state index in [4.69, 9.17) is 14.5 Å². The molecule has 0 saturated heterocycles. The number of aromatic nitrogens is 1. The summed E-state index contributed by atoms with van der Waals surface area (Å²) in [5.41, 5.74) is 3.34. The molecule has 2 N–H and O–H groups in total. The molecule has 0 spiro atoms. The first kappa shape index (κ1) is 21.2. The molecule has 0 aliphatic heterocycles. The minimum absolute atomic E-state index is 0.530. The summed E-state index contributed by atoms with van der Waals surface area (Å²) in [6.45, 7) is 9.40. The molecule has 0 amide bonds. The first-order chi connectivity index (χ1) is 13.1. The Morgan fingerprint density at radius 1 is 1.22 bits per heavy atom. The van der Waals surface area contributed by atoms with Crippen LogP contribution < -0.4 is 15.4 Å². The van der Waals surface area contributed by atoms with Crippen molar-refractivity contribution in [3.63, 3.8) is 0 Å². The third-order valence-electron chi connectivity index (χ3n) is 3.86. The summed E-state index contributed by atoms with van der Waals surface area (Å²) < 4.78 is 10.9. The molecule has 0 saturated carbocycles. The first-order valence-electron chi connectivity index (χ1n) is 9.26. The summed E-state index contributed by atoms with van der Waals surface area (Å²) >= 11 is 1.68. The maximum Gasteiger partial charge on any atom is 0.191 e. The predicted octanol–water partition coefficient (Wildman–Crippen LogP) is 3.08. The monoisotopic (exact) mass is 390 g/mol. The lowest BCUT2D eigenvalue weighted by molar-refractivity contribution is 0.145. The van der Waals surface area contributed by atoms with Crippen molar-refractivity contribution < 1.29 is 9.47 Å². The van der Waals surface area contributed by atoms with E-state index in [1.54, 1.807) is 18.4 Å². The van der Waals surface area contributed by atoms with E-state index in [0.29, 0.717) is 19.8 Å². The lowest BCUT2D eigenvalue weighted by Crippen LogP contribution is -2.38. The van der Waals surface area contributed by atoms with Crippen LogP contribution in [0.2, 0.25) is 0 Å². The fraction of sp³-hybridized carbons (Fsp3) is 0.500. The summed E-state index contributed by atoms with van der Waals surface area (Å²) in [4.78, 5) is 9.20. The Morgan fingerprint density at radius 2 is 2.07 bits per heavy atom. The number of rotatable bonds is 10. The Bertz CT molecular complexity index is 731. The van der Waals surface area contributed by atoms with Crippen molar-refractivity contribution in [1.82, 2.24) is 15.6 Å². The average molecular weight is 391 g/mol. The van der Waals surface area contributed by atoms with Gasteiger partial charge in [0, 0.05) is 37.6 Å². The minimum Gasteiger partial charge on any atom is -0.491 e. The molecule has 0 aliphatic carbocycles. The van der Waals surface area contributed by atoms with Gasteiger partial charge in [0.1, 0.15) is 12.4 Å². The van der Waals surface area contributed by atoms with Crippen LogP contribution in [0.15, 0.2) is 28.6 Å². The number of benzene rings is 1. The molecule has 0 fully saturated rings. The molecule has 0 bridgehead atoms. The van der Waals surface area contributed by atoms with E-state index >= 15 is 0 Å². The number of nitrogens with zero attached hydrogens (tertiary/aromatic N) is 2. The summed E-state index contributed by atoms with van der Waals surface area (Å²) in [5, 5.41) is 9.87. The number of aliphatic imine (C=N–C) groups is 1. The largest absolute Gasteiger partial charge is 0.491 e. The highest BCUT2D eigenvalue weighted by Gasteiger charge is 2.06. The zero-order chi connectivity index (χ0) is 19.5. The van der Waals surface area contributed by atoms with Gasteiger partial charge >= 0.3 is 0 Å². The molecule has 0 unspecified atom stereocenters. The van der Waals surface area contributed by atoms with Gasteiger partial charge in [-0.25, -0.2) is 9.98 Å².